The van der Waals surface area contributed by atoms with Gasteiger partial charge in [-0.2, -0.15) is 5.26 Å². The molecule has 1 atom stereocenters. The lowest BCUT2D eigenvalue weighted by Crippen LogP contribution is -2.05. The Morgan fingerprint density at radius 2 is 2.58 bits per heavy atom. The van der Waals surface area contributed by atoms with Crippen LogP contribution < -0.4 is 0 Å². The lowest BCUT2D eigenvalue weighted by molar-refractivity contribution is -0.144. The number of nitrogens with zero attached hydrogens (tertiary/aromatic N) is 1. The molecular weight excluding hydrogens is 158 g/mol. The average molecular weight is 165 g/mol. The first-order valence-electron chi connectivity index (χ1n) is 3.34. The second-order valence-electron chi connectivity index (χ2n) is 2.13. The number of furan rings is 1. The van der Waals surface area contributed by atoms with E-state index in [1.165, 1.54) is 13.2 Å². The predicted molar refractivity (Wildman–Crippen MR) is 38.8 cm³/mol. The average Bonchev–Trinajstić information content (AvgIpc) is 2.51. The highest BCUT2D eigenvalue weighted by Gasteiger charge is 2.15. The molecule has 4 nitrogen and oxygen atoms in total. The number of hydrogen-bond donors (Lipinski definition) is 0. The van der Waals surface area contributed by atoms with Crippen LogP contribution in [-0.2, 0) is 9.53 Å². The van der Waals surface area contributed by atoms with Gasteiger partial charge in [-0.3, -0.25) is 4.79 Å². The lowest BCUT2D eigenvalue weighted by Gasteiger charge is -2.04. The molecule has 1 aromatic heterocycles. The van der Waals surface area contributed by atoms with Gasteiger partial charge >= 0.3 is 5.97 Å². The predicted octanol–water partition coefficient (Wildman–Crippen LogP) is 1.41. The molecule has 0 aliphatic carbocycles. The van der Waals surface area contributed by atoms with Crippen LogP contribution in [-0.4, -0.2) is 5.97 Å². The van der Waals surface area contributed by atoms with E-state index in [0.29, 0.717) is 5.76 Å². The van der Waals surface area contributed by atoms with Gasteiger partial charge in [0.15, 0.2) is 5.76 Å². The zero-order valence-electron chi connectivity index (χ0n) is 6.48. The van der Waals surface area contributed by atoms with Crippen molar-refractivity contribution in [2.75, 3.05) is 0 Å². The minimum atomic E-state index is -0.933. The Bertz CT molecular complexity index is 297. The highest BCUT2D eigenvalue weighted by Crippen LogP contribution is 2.16. The van der Waals surface area contributed by atoms with E-state index in [9.17, 15) is 4.79 Å². The summed E-state index contributed by atoms with van der Waals surface area (Å²) in [6.45, 7) is 1.24. The van der Waals surface area contributed by atoms with E-state index < -0.39 is 12.1 Å². The highest BCUT2D eigenvalue weighted by molar-refractivity contribution is 5.66. The van der Waals surface area contributed by atoms with Crippen LogP contribution in [0.5, 0.6) is 0 Å². The van der Waals surface area contributed by atoms with Gasteiger partial charge < -0.3 is 9.15 Å². The van der Waals surface area contributed by atoms with Crippen molar-refractivity contribution in [3.05, 3.63) is 24.2 Å². The Morgan fingerprint density at radius 1 is 1.83 bits per heavy atom. The summed E-state index contributed by atoms with van der Waals surface area (Å²) in [5.41, 5.74) is 0. The molecule has 1 heterocycles. The van der Waals surface area contributed by atoms with Crippen LogP contribution in [0.25, 0.3) is 0 Å². The molecule has 12 heavy (non-hydrogen) atoms. The maximum absolute atomic E-state index is 10.5. The quantitative estimate of drug-likeness (QED) is 0.621. The molecule has 0 spiro atoms. The number of nitriles is 1. The largest absolute Gasteiger partial charge is 0.464 e. The highest BCUT2D eigenvalue weighted by atomic mass is 16.5. The van der Waals surface area contributed by atoms with E-state index in [4.69, 9.17) is 9.68 Å². The summed E-state index contributed by atoms with van der Waals surface area (Å²) in [5, 5.41) is 8.56. The van der Waals surface area contributed by atoms with Gasteiger partial charge in [0.1, 0.15) is 6.07 Å². The standard InChI is InChI=1S/C8H7NO3/c1-6(10)12-8(5-9)7-3-2-4-11-7/h2-4,8H,1H3/t8-/m1/s1. The molecule has 0 radical (unpaired) electrons. The number of carbonyl (C=O) groups excluding carboxylic acids is 1. The van der Waals surface area contributed by atoms with Crippen molar-refractivity contribution in [1.29, 1.82) is 5.26 Å². The molecule has 1 rings (SSSR count). The minimum absolute atomic E-state index is 0.340. The first-order chi connectivity index (χ1) is 5.74. The van der Waals surface area contributed by atoms with E-state index in [-0.39, 0.29) is 0 Å². The summed E-state index contributed by atoms with van der Waals surface area (Å²) in [5.74, 6) is -0.161. The second kappa shape index (κ2) is 3.58. The molecule has 0 saturated carbocycles. The fourth-order valence-corrected chi connectivity index (χ4v) is 0.754. The van der Waals surface area contributed by atoms with Gasteiger partial charge in [0.25, 0.3) is 0 Å². The van der Waals surface area contributed by atoms with Gasteiger partial charge in [0.2, 0.25) is 6.10 Å². The summed E-state index contributed by atoms with van der Waals surface area (Å²) < 4.78 is 9.54. The summed E-state index contributed by atoms with van der Waals surface area (Å²) in [6.07, 6.45) is 0.487. The summed E-state index contributed by atoms with van der Waals surface area (Å²) in [6, 6.07) is 5.01. The SMILES string of the molecule is CC(=O)O[C@H](C#N)c1ccco1. The molecule has 0 amide bonds. The summed E-state index contributed by atoms with van der Waals surface area (Å²) in [4.78, 5) is 10.5. The third-order valence-electron chi connectivity index (χ3n) is 1.20. The fourth-order valence-electron chi connectivity index (χ4n) is 0.754. The lowest BCUT2D eigenvalue weighted by atomic mass is 10.3. The third-order valence-corrected chi connectivity index (χ3v) is 1.20. The van der Waals surface area contributed by atoms with Crippen molar-refractivity contribution in [3.8, 4) is 6.07 Å². The maximum atomic E-state index is 10.5. The Hall–Kier alpha value is -1.76. The number of carbonyl (C=O) groups is 1. The maximum Gasteiger partial charge on any atom is 0.304 e. The van der Waals surface area contributed by atoms with Gasteiger partial charge in [-0.25, -0.2) is 0 Å². The number of hydrogen-bond acceptors (Lipinski definition) is 4. The van der Waals surface area contributed by atoms with Crippen LogP contribution in [0.4, 0.5) is 0 Å². The number of rotatable bonds is 2. The number of esters is 1. The monoisotopic (exact) mass is 165 g/mol. The van der Waals surface area contributed by atoms with Gasteiger partial charge in [-0.15, -0.1) is 0 Å². The van der Waals surface area contributed by atoms with Gasteiger partial charge in [-0.1, -0.05) is 0 Å². The van der Waals surface area contributed by atoms with Gasteiger partial charge in [-0.05, 0) is 12.1 Å². The second-order valence-corrected chi connectivity index (χ2v) is 2.13. The van der Waals surface area contributed by atoms with Crippen molar-refractivity contribution in [2.24, 2.45) is 0 Å². The van der Waals surface area contributed by atoms with Crippen LogP contribution in [0.1, 0.15) is 18.8 Å². The van der Waals surface area contributed by atoms with E-state index >= 15 is 0 Å². The van der Waals surface area contributed by atoms with Crippen molar-refractivity contribution in [3.63, 3.8) is 0 Å². The molecular formula is C8H7NO3. The zero-order valence-corrected chi connectivity index (χ0v) is 6.48. The molecule has 0 fully saturated rings. The molecule has 0 unspecified atom stereocenters. The fraction of sp³-hybridized carbons (Fsp3) is 0.250. The van der Waals surface area contributed by atoms with Gasteiger partial charge in [0.05, 0.1) is 6.26 Å². The van der Waals surface area contributed by atoms with E-state index in [0.717, 1.165) is 0 Å². The van der Waals surface area contributed by atoms with Crippen molar-refractivity contribution < 1.29 is 13.9 Å². The Kier molecular flexibility index (Phi) is 2.49. The van der Waals surface area contributed by atoms with Gasteiger partial charge in [0, 0.05) is 6.92 Å². The Balaban J connectivity index is 2.72. The zero-order chi connectivity index (χ0) is 8.97. The molecule has 0 aliphatic rings. The first-order valence-corrected chi connectivity index (χ1v) is 3.34. The van der Waals surface area contributed by atoms with E-state index in [1.807, 2.05) is 0 Å². The van der Waals surface area contributed by atoms with Crippen LogP contribution in [0.3, 0.4) is 0 Å². The molecule has 62 valence electrons. The van der Waals surface area contributed by atoms with E-state index in [2.05, 4.69) is 4.74 Å². The molecule has 4 heteroatoms. The molecule has 0 N–H and O–H groups in total. The molecule has 0 aromatic carbocycles. The minimum Gasteiger partial charge on any atom is -0.464 e. The molecule has 0 aliphatic heterocycles. The van der Waals surface area contributed by atoms with Crippen molar-refractivity contribution >= 4 is 5.97 Å². The molecule has 0 saturated heterocycles. The molecule has 0 bridgehead atoms. The van der Waals surface area contributed by atoms with Crippen molar-refractivity contribution in [1.82, 2.24) is 0 Å². The van der Waals surface area contributed by atoms with Crippen LogP contribution in [0.15, 0.2) is 22.8 Å². The van der Waals surface area contributed by atoms with Crippen LogP contribution in [0.2, 0.25) is 0 Å². The van der Waals surface area contributed by atoms with Crippen LogP contribution in [0, 0.1) is 11.3 Å². The number of ether oxygens (including phenoxy) is 1. The third kappa shape index (κ3) is 1.86. The van der Waals surface area contributed by atoms with Crippen molar-refractivity contribution in [2.45, 2.75) is 13.0 Å². The molecule has 1 aromatic rings. The first kappa shape index (κ1) is 8.34. The summed E-state index contributed by atoms with van der Waals surface area (Å²) >= 11 is 0. The Labute approximate surface area is 69.4 Å². The smallest absolute Gasteiger partial charge is 0.304 e. The van der Waals surface area contributed by atoms with E-state index in [1.54, 1.807) is 18.2 Å². The summed E-state index contributed by atoms with van der Waals surface area (Å²) in [7, 11) is 0. The topological polar surface area (TPSA) is 63.2 Å². The Morgan fingerprint density at radius 3 is 3.00 bits per heavy atom. The normalized spacial score (nSPS) is 11.7. The van der Waals surface area contributed by atoms with Crippen LogP contribution >= 0.6 is 0 Å².